The minimum Gasteiger partial charge on any atom is -0.469 e. The Morgan fingerprint density at radius 1 is 1.42 bits per heavy atom. The molecule has 0 N–H and O–H groups in total. The molecule has 24 heavy (non-hydrogen) atoms. The number of carbonyl (C=O) groups is 2. The summed E-state index contributed by atoms with van der Waals surface area (Å²) in [5.74, 6) is -0.685. The van der Waals surface area contributed by atoms with Crippen molar-refractivity contribution in [1.82, 2.24) is 14.7 Å². The number of methoxy groups -OCH3 is 1. The van der Waals surface area contributed by atoms with Gasteiger partial charge in [-0.05, 0) is 23.8 Å². The molecule has 3 rings (SSSR count). The molecule has 1 saturated heterocycles. The number of aromatic nitrogens is 2. The maximum Gasteiger partial charge on any atom is 0.314 e. The first-order chi connectivity index (χ1) is 11.1. The zero-order chi connectivity index (χ0) is 17.9. The summed E-state index contributed by atoms with van der Waals surface area (Å²) in [6, 6.07) is 1.11. The highest BCUT2D eigenvalue weighted by Crippen LogP contribution is 2.63. The monoisotopic (exact) mass is 341 g/mol. The quantitative estimate of drug-likeness (QED) is 0.789. The predicted molar refractivity (Wildman–Crippen MR) is 80.4 cm³/mol. The molecule has 0 radical (unpaired) electrons. The van der Waals surface area contributed by atoms with Crippen molar-refractivity contribution >= 4 is 11.9 Å². The molecule has 1 amide bonds. The fourth-order valence-corrected chi connectivity index (χ4v) is 4.48. The van der Waals surface area contributed by atoms with Gasteiger partial charge >= 0.3 is 5.97 Å². The molecule has 0 unspecified atom stereocenters. The predicted octanol–water partition coefficient (Wildman–Crippen LogP) is 2.02. The van der Waals surface area contributed by atoms with Crippen molar-refractivity contribution in [2.75, 3.05) is 20.2 Å². The summed E-state index contributed by atoms with van der Waals surface area (Å²) in [6.07, 6.45) is -2.08. The van der Waals surface area contributed by atoms with Crippen molar-refractivity contribution in [3.05, 3.63) is 17.5 Å². The first kappa shape index (κ1) is 16.9. The molecule has 0 aromatic carbocycles. The molecule has 132 valence electrons. The van der Waals surface area contributed by atoms with Gasteiger partial charge in [-0.3, -0.25) is 14.3 Å². The first-order valence-corrected chi connectivity index (χ1v) is 7.82. The Balaban J connectivity index is 1.87. The zero-order valence-corrected chi connectivity index (χ0v) is 14.2. The van der Waals surface area contributed by atoms with E-state index in [1.54, 1.807) is 4.90 Å². The highest BCUT2D eigenvalue weighted by atomic mass is 19.3. The molecule has 1 aromatic heterocycles. The number of halogens is 2. The number of carbonyl (C=O) groups excluding carboxylic acids is 2. The molecular formula is C16H21F2N3O3. The van der Waals surface area contributed by atoms with Gasteiger partial charge in [0.05, 0.1) is 12.5 Å². The number of rotatable bonds is 3. The number of hydrogen-bond acceptors (Lipinski definition) is 4. The van der Waals surface area contributed by atoms with Gasteiger partial charge in [-0.1, -0.05) is 13.8 Å². The van der Waals surface area contributed by atoms with Crippen molar-refractivity contribution in [2.45, 2.75) is 26.7 Å². The molecule has 1 aliphatic carbocycles. The number of nitrogens with zero attached hydrogens (tertiary/aromatic N) is 3. The molecular weight excluding hydrogens is 320 g/mol. The Kier molecular flexibility index (Phi) is 3.69. The summed E-state index contributed by atoms with van der Waals surface area (Å²) in [5, 5.41) is 3.68. The van der Waals surface area contributed by atoms with Gasteiger partial charge in [0.15, 0.2) is 0 Å². The summed E-state index contributed by atoms with van der Waals surface area (Å²) in [6.45, 7) is 4.79. The van der Waals surface area contributed by atoms with Crippen LogP contribution < -0.4 is 0 Å². The van der Waals surface area contributed by atoms with E-state index in [9.17, 15) is 18.4 Å². The first-order valence-electron chi connectivity index (χ1n) is 7.82. The minimum absolute atomic E-state index is 0.00389. The molecule has 0 bridgehead atoms. The maximum absolute atomic E-state index is 12.8. The Morgan fingerprint density at radius 3 is 2.58 bits per heavy atom. The smallest absolute Gasteiger partial charge is 0.314 e. The lowest BCUT2D eigenvalue weighted by molar-refractivity contribution is -0.174. The van der Waals surface area contributed by atoms with E-state index in [1.807, 2.05) is 0 Å². The highest BCUT2D eigenvalue weighted by Gasteiger charge is 2.68. The van der Waals surface area contributed by atoms with Crippen LogP contribution in [0.2, 0.25) is 0 Å². The highest BCUT2D eigenvalue weighted by molar-refractivity contribution is 5.94. The van der Waals surface area contributed by atoms with Crippen LogP contribution in [-0.4, -0.2) is 46.8 Å². The molecule has 2 aliphatic rings. The SMILES string of the molecule is COC(=O)[C@@]12CN(C(=O)c3cc(C(F)F)nn3C)C[C@@H]1C(C)(C)C2. The van der Waals surface area contributed by atoms with Gasteiger partial charge in [0.2, 0.25) is 0 Å². The van der Waals surface area contributed by atoms with Crippen molar-refractivity contribution in [3.8, 4) is 0 Å². The number of ether oxygens (including phenoxy) is 1. The lowest BCUT2D eigenvalue weighted by Gasteiger charge is -2.54. The average molecular weight is 341 g/mol. The zero-order valence-electron chi connectivity index (χ0n) is 14.2. The van der Waals surface area contributed by atoms with E-state index in [0.29, 0.717) is 13.0 Å². The van der Waals surface area contributed by atoms with Gasteiger partial charge in [0.1, 0.15) is 11.4 Å². The molecule has 0 spiro atoms. The van der Waals surface area contributed by atoms with Gasteiger partial charge in [-0.15, -0.1) is 0 Å². The maximum atomic E-state index is 12.8. The molecule has 2 fully saturated rings. The van der Waals surface area contributed by atoms with Crippen LogP contribution in [0.5, 0.6) is 0 Å². The van der Waals surface area contributed by atoms with Crippen LogP contribution in [0.15, 0.2) is 6.07 Å². The molecule has 2 atom stereocenters. The second-order valence-electron chi connectivity index (χ2n) is 7.43. The van der Waals surface area contributed by atoms with E-state index < -0.39 is 17.5 Å². The van der Waals surface area contributed by atoms with Gasteiger partial charge in [-0.25, -0.2) is 8.78 Å². The number of amides is 1. The third-order valence-corrected chi connectivity index (χ3v) is 5.48. The van der Waals surface area contributed by atoms with Crippen LogP contribution in [0, 0.1) is 16.7 Å². The second kappa shape index (κ2) is 5.26. The summed E-state index contributed by atoms with van der Waals surface area (Å²) in [5.41, 5.74) is -1.07. The second-order valence-corrected chi connectivity index (χ2v) is 7.43. The Morgan fingerprint density at radius 2 is 2.08 bits per heavy atom. The van der Waals surface area contributed by atoms with Crippen molar-refractivity contribution in [1.29, 1.82) is 0 Å². The van der Waals surface area contributed by atoms with E-state index in [2.05, 4.69) is 18.9 Å². The lowest BCUT2D eigenvalue weighted by atomic mass is 9.48. The number of esters is 1. The minimum atomic E-state index is -2.73. The van der Waals surface area contributed by atoms with E-state index in [0.717, 1.165) is 6.07 Å². The number of aryl methyl sites for hydroxylation is 1. The Hall–Kier alpha value is -1.99. The fourth-order valence-electron chi connectivity index (χ4n) is 4.48. The molecule has 1 aromatic rings. The molecule has 1 saturated carbocycles. The molecule has 8 heteroatoms. The van der Waals surface area contributed by atoms with E-state index in [-0.39, 0.29) is 35.4 Å². The topological polar surface area (TPSA) is 64.4 Å². The third kappa shape index (κ3) is 2.22. The summed E-state index contributed by atoms with van der Waals surface area (Å²) in [4.78, 5) is 26.6. The number of alkyl halides is 2. The fraction of sp³-hybridized carbons (Fsp3) is 0.688. The average Bonchev–Trinajstić information content (AvgIpc) is 3.05. The van der Waals surface area contributed by atoms with E-state index >= 15 is 0 Å². The third-order valence-electron chi connectivity index (χ3n) is 5.48. The normalized spacial score (nSPS) is 27.8. The Bertz CT molecular complexity index is 701. The molecule has 1 aliphatic heterocycles. The van der Waals surface area contributed by atoms with Crippen LogP contribution in [0.25, 0.3) is 0 Å². The van der Waals surface area contributed by atoms with Crippen LogP contribution in [0.1, 0.15) is 42.9 Å². The van der Waals surface area contributed by atoms with E-state index in [4.69, 9.17) is 4.74 Å². The summed E-state index contributed by atoms with van der Waals surface area (Å²) >= 11 is 0. The number of hydrogen-bond donors (Lipinski definition) is 0. The Labute approximate surface area is 138 Å². The van der Waals surface area contributed by atoms with Gasteiger partial charge in [-0.2, -0.15) is 5.10 Å². The van der Waals surface area contributed by atoms with Crippen LogP contribution in [-0.2, 0) is 16.6 Å². The van der Waals surface area contributed by atoms with Crippen molar-refractivity contribution < 1.29 is 23.1 Å². The van der Waals surface area contributed by atoms with E-state index in [1.165, 1.54) is 18.8 Å². The van der Waals surface area contributed by atoms with Gasteiger partial charge in [0.25, 0.3) is 12.3 Å². The number of fused-ring (bicyclic) bond motifs is 1. The van der Waals surface area contributed by atoms with Gasteiger partial charge in [0, 0.05) is 20.1 Å². The lowest BCUT2D eigenvalue weighted by Crippen LogP contribution is -2.57. The van der Waals surface area contributed by atoms with Gasteiger partial charge < -0.3 is 9.64 Å². The van der Waals surface area contributed by atoms with Crippen LogP contribution in [0.3, 0.4) is 0 Å². The standard InChI is InChI=1S/C16H21F2N3O3/c1-15(2)7-16(14(23)24-4)8-21(6-11(15)16)13(22)10-5-9(12(17)18)19-20(10)3/h5,11-12H,6-8H2,1-4H3/t11-,16+/m1/s1. The summed E-state index contributed by atoms with van der Waals surface area (Å²) < 4.78 is 31.7. The largest absolute Gasteiger partial charge is 0.469 e. The van der Waals surface area contributed by atoms with Crippen LogP contribution >= 0.6 is 0 Å². The van der Waals surface area contributed by atoms with Crippen LogP contribution in [0.4, 0.5) is 8.78 Å². The number of likely N-dealkylation sites (tertiary alicyclic amines) is 1. The van der Waals surface area contributed by atoms with Crippen molar-refractivity contribution in [3.63, 3.8) is 0 Å². The molecule has 6 nitrogen and oxygen atoms in total. The summed E-state index contributed by atoms with van der Waals surface area (Å²) in [7, 11) is 2.81. The molecule has 2 heterocycles. The van der Waals surface area contributed by atoms with Crippen molar-refractivity contribution in [2.24, 2.45) is 23.8 Å².